The Morgan fingerprint density at radius 2 is 1.81 bits per heavy atom. The van der Waals surface area contributed by atoms with Gasteiger partial charge in [-0.1, -0.05) is 12.1 Å². The number of hydrogen-bond acceptors (Lipinski definition) is 4. The average molecular weight is 369 g/mol. The van der Waals surface area contributed by atoms with Gasteiger partial charge in [0.2, 0.25) is 5.91 Å². The number of carbonyl (C=O) groups excluding carboxylic acids is 2. The summed E-state index contributed by atoms with van der Waals surface area (Å²) in [6, 6.07) is 12.9. The normalized spacial score (nSPS) is 10.3. The standard InChI is InChI=1S/C21H27N3O3/c1-15-8-9-19(12-16(15)2)24-20(25)14-23-18-7-4-6-17(13-18)21(26)22-10-5-11-27-3/h4,6-9,12-13,23H,5,10-11,14H2,1-3H3,(H,22,26)(H,24,25). The SMILES string of the molecule is COCCCNC(=O)c1cccc(NCC(=O)Nc2ccc(C)c(C)c2)c1. The highest BCUT2D eigenvalue weighted by Crippen LogP contribution is 2.14. The molecular weight excluding hydrogens is 342 g/mol. The molecule has 2 aromatic carbocycles. The Hall–Kier alpha value is -2.86. The van der Waals surface area contributed by atoms with Gasteiger partial charge in [0.15, 0.2) is 0 Å². The second kappa shape index (κ2) is 10.3. The first-order valence-electron chi connectivity index (χ1n) is 8.98. The van der Waals surface area contributed by atoms with E-state index in [1.165, 1.54) is 5.56 Å². The van der Waals surface area contributed by atoms with Gasteiger partial charge < -0.3 is 20.7 Å². The number of ether oxygens (including phenoxy) is 1. The molecule has 3 N–H and O–H groups in total. The third-order valence-electron chi connectivity index (χ3n) is 4.18. The maximum absolute atomic E-state index is 12.1. The van der Waals surface area contributed by atoms with Crippen molar-refractivity contribution in [1.82, 2.24) is 5.32 Å². The van der Waals surface area contributed by atoms with Gasteiger partial charge in [-0.15, -0.1) is 0 Å². The molecule has 0 radical (unpaired) electrons. The molecule has 0 aliphatic rings. The Balaban J connectivity index is 1.85. The van der Waals surface area contributed by atoms with Crippen molar-refractivity contribution in [1.29, 1.82) is 0 Å². The quantitative estimate of drug-likeness (QED) is 0.594. The van der Waals surface area contributed by atoms with Crippen LogP contribution in [0.3, 0.4) is 0 Å². The largest absolute Gasteiger partial charge is 0.385 e. The number of hydrogen-bond donors (Lipinski definition) is 3. The van der Waals surface area contributed by atoms with Crippen LogP contribution in [0.1, 0.15) is 27.9 Å². The molecule has 6 heteroatoms. The minimum atomic E-state index is -0.146. The van der Waals surface area contributed by atoms with Crippen LogP contribution in [0.2, 0.25) is 0 Å². The summed E-state index contributed by atoms with van der Waals surface area (Å²) in [7, 11) is 1.63. The number of carbonyl (C=O) groups is 2. The maximum Gasteiger partial charge on any atom is 0.251 e. The highest BCUT2D eigenvalue weighted by molar-refractivity contribution is 5.96. The van der Waals surface area contributed by atoms with E-state index in [-0.39, 0.29) is 18.4 Å². The van der Waals surface area contributed by atoms with Crippen LogP contribution in [0, 0.1) is 13.8 Å². The van der Waals surface area contributed by atoms with Crippen molar-refractivity contribution >= 4 is 23.2 Å². The van der Waals surface area contributed by atoms with Crippen LogP contribution in [0.15, 0.2) is 42.5 Å². The predicted octanol–water partition coefficient (Wildman–Crippen LogP) is 3.12. The van der Waals surface area contributed by atoms with Crippen molar-refractivity contribution in [3.63, 3.8) is 0 Å². The van der Waals surface area contributed by atoms with Crippen LogP contribution in [0.25, 0.3) is 0 Å². The van der Waals surface area contributed by atoms with Crippen molar-refractivity contribution in [3.05, 3.63) is 59.2 Å². The number of rotatable bonds is 9. The van der Waals surface area contributed by atoms with Gasteiger partial charge >= 0.3 is 0 Å². The molecule has 6 nitrogen and oxygen atoms in total. The highest BCUT2D eigenvalue weighted by atomic mass is 16.5. The molecule has 2 aromatic rings. The summed E-state index contributed by atoms with van der Waals surface area (Å²) in [5.74, 6) is -0.290. The number of benzene rings is 2. The first-order valence-corrected chi connectivity index (χ1v) is 8.98. The van der Waals surface area contributed by atoms with Crippen molar-refractivity contribution in [2.45, 2.75) is 20.3 Å². The summed E-state index contributed by atoms with van der Waals surface area (Å²) < 4.78 is 4.96. The molecule has 0 saturated heterocycles. The first kappa shape index (κ1) is 20.5. The molecule has 0 spiro atoms. The summed E-state index contributed by atoms with van der Waals surface area (Å²) in [5, 5.41) is 8.76. The molecule has 0 heterocycles. The summed E-state index contributed by atoms with van der Waals surface area (Å²) in [5.41, 5.74) is 4.35. The van der Waals surface area contributed by atoms with Crippen molar-refractivity contribution < 1.29 is 14.3 Å². The summed E-state index contributed by atoms with van der Waals surface area (Å²) in [6.07, 6.45) is 0.763. The van der Waals surface area contributed by atoms with Crippen LogP contribution < -0.4 is 16.0 Å². The van der Waals surface area contributed by atoms with E-state index in [4.69, 9.17) is 4.74 Å². The highest BCUT2D eigenvalue weighted by Gasteiger charge is 2.07. The molecular formula is C21H27N3O3. The fourth-order valence-corrected chi connectivity index (χ4v) is 2.50. The third kappa shape index (κ3) is 6.75. The molecule has 27 heavy (non-hydrogen) atoms. The van der Waals surface area contributed by atoms with Gasteiger partial charge in [0.25, 0.3) is 5.91 Å². The van der Waals surface area contributed by atoms with Gasteiger partial charge in [-0.25, -0.2) is 0 Å². The van der Waals surface area contributed by atoms with E-state index < -0.39 is 0 Å². The zero-order valence-corrected chi connectivity index (χ0v) is 16.1. The van der Waals surface area contributed by atoms with Gasteiger partial charge in [-0.2, -0.15) is 0 Å². The second-order valence-corrected chi connectivity index (χ2v) is 6.38. The minimum Gasteiger partial charge on any atom is -0.385 e. The summed E-state index contributed by atoms with van der Waals surface area (Å²) >= 11 is 0. The number of anilines is 2. The smallest absolute Gasteiger partial charge is 0.251 e. The molecule has 144 valence electrons. The monoisotopic (exact) mass is 369 g/mol. The van der Waals surface area contributed by atoms with Crippen LogP contribution in [-0.4, -0.2) is 38.6 Å². The van der Waals surface area contributed by atoms with Gasteiger partial charge in [0.05, 0.1) is 6.54 Å². The molecule has 0 fully saturated rings. The molecule has 0 bridgehead atoms. The average Bonchev–Trinajstić information content (AvgIpc) is 2.66. The van der Waals surface area contributed by atoms with E-state index in [1.807, 2.05) is 38.1 Å². The lowest BCUT2D eigenvalue weighted by Crippen LogP contribution is -2.25. The number of amides is 2. The Morgan fingerprint density at radius 3 is 2.56 bits per heavy atom. The van der Waals surface area contributed by atoms with Gasteiger partial charge in [-0.3, -0.25) is 9.59 Å². The third-order valence-corrected chi connectivity index (χ3v) is 4.18. The zero-order valence-electron chi connectivity index (χ0n) is 16.1. The van der Waals surface area contributed by atoms with Crippen molar-refractivity contribution in [3.8, 4) is 0 Å². The molecule has 0 aliphatic heterocycles. The van der Waals surface area contributed by atoms with E-state index in [9.17, 15) is 9.59 Å². The van der Waals surface area contributed by atoms with E-state index in [2.05, 4.69) is 16.0 Å². The van der Waals surface area contributed by atoms with Crippen LogP contribution >= 0.6 is 0 Å². The van der Waals surface area contributed by atoms with Crippen molar-refractivity contribution in [2.24, 2.45) is 0 Å². The Labute approximate surface area is 160 Å². The second-order valence-electron chi connectivity index (χ2n) is 6.38. The molecule has 0 atom stereocenters. The van der Waals surface area contributed by atoms with Gasteiger partial charge in [-0.05, 0) is 61.7 Å². The lowest BCUT2D eigenvalue weighted by atomic mass is 10.1. The summed E-state index contributed by atoms with van der Waals surface area (Å²) in [6.45, 7) is 5.32. The van der Waals surface area contributed by atoms with Crippen LogP contribution in [0.5, 0.6) is 0 Å². The molecule has 0 aromatic heterocycles. The molecule has 0 unspecified atom stereocenters. The molecule has 0 saturated carbocycles. The fourth-order valence-electron chi connectivity index (χ4n) is 2.50. The number of nitrogens with one attached hydrogen (secondary N) is 3. The lowest BCUT2D eigenvalue weighted by molar-refractivity contribution is -0.114. The van der Waals surface area contributed by atoms with Gasteiger partial charge in [0.1, 0.15) is 0 Å². The Kier molecular flexibility index (Phi) is 7.82. The minimum absolute atomic E-state index is 0.117. The van der Waals surface area contributed by atoms with Crippen LogP contribution in [-0.2, 0) is 9.53 Å². The Morgan fingerprint density at radius 1 is 1.00 bits per heavy atom. The first-order chi connectivity index (χ1) is 13.0. The molecule has 0 aliphatic carbocycles. The van der Waals surface area contributed by atoms with E-state index in [0.29, 0.717) is 18.7 Å². The fraction of sp³-hybridized carbons (Fsp3) is 0.333. The van der Waals surface area contributed by atoms with Gasteiger partial charge in [0, 0.05) is 37.2 Å². The Bertz CT molecular complexity index is 790. The maximum atomic E-state index is 12.1. The number of methoxy groups -OCH3 is 1. The van der Waals surface area contributed by atoms with Crippen molar-refractivity contribution in [2.75, 3.05) is 37.4 Å². The summed E-state index contributed by atoms with van der Waals surface area (Å²) in [4.78, 5) is 24.3. The van der Waals surface area contributed by atoms with E-state index in [1.54, 1.807) is 25.3 Å². The predicted molar refractivity (Wildman–Crippen MR) is 108 cm³/mol. The zero-order chi connectivity index (χ0) is 19.6. The van der Waals surface area contributed by atoms with E-state index in [0.717, 1.165) is 23.4 Å². The lowest BCUT2D eigenvalue weighted by Gasteiger charge is -2.10. The molecule has 2 rings (SSSR count). The van der Waals surface area contributed by atoms with Crippen LogP contribution in [0.4, 0.5) is 11.4 Å². The molecule has 2 amide bonds. The topological polar surface area (TPSA) is 79.5 Å². The number of aryl methyl sites for hydroxylation is 2. The van der Waals surface area contributed by atoms with E-state index >= 15 is 0 Å².